The first kappa shape index (κ1) is 27.2. The molecule has 0 fully saturated rings. The number of rotatable bonds is 12. The van der Waals surface area contributed by atoms with Crippen molar-refractivity contribution in [3.05, 3.63) is 107 Å². The van der Waals surface area contributed by atoms with Gasteiger partial charge in [0.05, 0.1) is 0 Å². The lowest BCUT2D eigenvalue weighted by Crippen LogP contribution is -2.51. The summed E-state index contributed by atoms with van der Waals surface area (Å²) in [6.45, 7) is 9.32. The van der Waals surface area contributed by atoms with E-state index in [1.165, 1.54) is 11.1 Å². The molecule has 0 aromatic heterocycles. The number of hydrogen-bond donors (Lipinski definition) is 1. The molecule has 0 saturated heterocycles. The highest BCUT2D eigenvalue weighted by Crippen LogP contribution is 2.18. The van der Waals surface area contributed by atoms with Gasteiger partial charge >= 0.3 is 0 Å². The normalized spacial score (nSPS) is 11.8. The van der Waals surface area contributed by atoms with Crippen LogP contribution in [0.4, 0.5) is 0 Å². The van der Waals surface area contributed by atoms with Gasteiger partial charge in [-0.2, -0.15) is 0 Å². The predicted molar refractivity (Wildman–Crippen MR) is 148 cm³/mol. The lowest BCUT2D eigenvalue weighted by atomic mass is 10.0. The number of benzene rings is 3. The zero-order valence-corrected chi connectivity index (χ0v) is 22.2. The third-order valence-corrected chi connectivity index (χ3v) is 6.49. The summed E-state index contributed by atoms with van der Waals surface area (Å²) in [7, 11) is 0. The van der Waals surface area contributed by atoms with Crippen molar-refractivity contribution in [1.29, 1.82) is 0 Å². The molecule has 0 spiro atoms. The number of nitrogens with zero attached hydrogens (tertiary/aromatic N) is 1. The van der Waals surface area contributed by atoms with Gasteiger partial charge in [0.25, 0.3) is 0 Å². The van der Waals surface area contributed by atoms with Gasteiger partial charge in [0.15, 0.2) is 0 Å². The largest absolute Gasteiger partial charge is 0.354 e. The average molecular weight is 485 g/mol. The van der Waals surface area contributed by atoms with Crippen molar-refractivity contribution in [1.82, 2.24) is 10.2 Å². The summed E-state index contributed by atoms with van der Waals surface area (Å²) >= 11 is 0. The van der Waals surface area contributed by atoms with Crippen LogP contribution in [-0.4, -0.2) is 29.3 Å². The van der Waals surface area contributed by atoms with Crippen molar-refractivity contribution >= 4 is 11.8 Å². The molecule has 36 heavy (non-hydrogen) atoms. The maximum absolute atomic E-state index is 13.7. The van der Waals surface area contributed by atoms with E-state index in [4.69, 9.17) is 0 Å². The van der Waals surface area contributed by atoms with Crippen LogP contribution in [0.5, 0.6) is 0 Å². The molecule has 0 radical (unpaired) electrons. The molecule has 4 heteroatoms. The second kappa shape index (κ2) is 13.6. The number of carbonyl (C=O) groups excluding carboxylic acids is 2. The van der Waals surface area contributed by atoms with Gasteiger partial charge in [0.1, 0.15) is 6.04 Å². The Morgan fingerprint density at radius 3 is 2.03 bits per heavy atom. The van der Waals surface area contributed by atoms with Crippen molar-refractivity contribution in [2.24, 2.45) is 5.92 Å². The molecule has 1 atom stereocenters. The van der Waals surface area contributed by atoms with Gasteiger partial charge in [-0.25, -0.2) is 0 Å². The quantitative estimate of drug-likeness (QED) is 0.348. The van der Waals surface area contributed by atoms with Crippen LogP contribution in [0.2, 0.25) is 0 Å². The number of carbonyl (C=O) groups is 2. The molecule has 0 aliphatic carbocycles. The lowest BCUT2D eigenvalue weighted by Gasteiger charge is -2.32. The highest BCUT2D eigenvalue weighted by Gasteiger charge is 2.30. The molecule has 2 amide bonds. The minimum Gasteiger partial charge on any atom is -0.354 e. The van der Waals surface area contributed by atoms with E-state index in [-0.39, 0.29) is 11.8 Å². The van der Waals surface area contributed by atoms with Crippen LogP contribution in [0.1, 0.15) is 55.0 Å². The number of aryl methyl sites for hydroxylation is 3. The van der Waals surface area contributed by atoms with E-state index in [9.17, 15) is 9.59 Å². The average Bonchev–Trinajstić information content (AvgIpc) is 2.89. The Kier molecular flexibility index (Phi) is 10.3. The summed E-state index contributed by atoms with van der Waals surface area (Å²) in [4.78, 5) is 29.0. The molecule has 3 aromatic rings. The molecule has 0 aliphatic heterocycles. The summed E-state index contributed by atoms with van der Waals surface area (Å²) in [5.41, 5.74) is 5.66. The van der Waals surface area contributed by atoms with Crippen LogP contribution < -0.4 is 5.32 Å². The van der Waals surface area contributed by atoms with E-state index in [2.05, 4.69) is 62.5 Å². The molecule has 0 bridgehead atoms. The second-order valence-electron chi connectivity index (χ2n) is 10.0. The van der Waals surface area contributed by atoms with Gasteiger partial charge < -0.3 is 10.2 Å². The molecule has 4 nitrogen and oxygen atoms in total. The molecule has 0 aliphatic rings. The van der Waals surface area contributed by atoms with E-state index >= 15 is 0 Å². The second-order valence-corrected chi connectivity index (χ2v) is 10.0. The molecule has 0 saturated carbocycles. The number of amides is 2. The van der Waals surface area contributed by atoms with Crippen LogP contribution in [0.15, 0.2) is 78.9 Å². The van der Waals surface area contributed by atoms with Crippen LogP contribution in [-0.2, 0) is 35.4 Å². The first-order chi connectivity index (χ1) is 17.4. The molecule has 0 unspecified atom stereocenters. The minimum absolute atomic E-state index is 0.00392. The fraction of sp³-hybridized carbons (Fsp3) is 0.375. The van der Waals surface area contributed by atoms with Gasteiger partial charge in [0.2, 0.25) is 11.8 Å². The van der Waals surface area contributed by atoms with E-state index in [1.807, 2.05) is 49.4 Å². The minimum atomic E-state index is -0.581. The van der Waals surface area contributed by atoms with Gasteiger partial charge in [-0.1, -0.05) is 105 Å². The summed E-state index contributed by atoms with van der Waals surface area (Å²) in [6, 6.07) is 26.0. The SMILES string of the molecule is CCc1ccc(CCC(=O)N(Cc2ccc(C)cc2)[C@@H](Cc2ccccc2)C(=O)NCC(C)C)cc1. The summed E-state index contributed by atoms with van der Waals surface area (Å²) in [6.07, 6.45) is 2.49. The van der Waals surface area contributed by atoms with Gasteiger partial charge in [0, 0.05) is 25.9 Å². The molecular weight excluding hydrogens is 444 g/mol. The highest BCUT2D eigenvalue weighted by molar-refractivity contribution is 5.88. The first-order valence-corrected chi connectivity index (χ1v) is 13.1. The van der Waals surface area contributed by atoms with Crippen molar-refractivity contribution in [3.63, 3.8) is 0 Å². The zero-order valence-electron chi connectivity index (χ0n) is 22.2. The Labute approximate surface area is 216 Å². The Bertz CT molecular complexity index is 1090. The third kappa shape index (κ3) is 8.37. The molecule has 3 rings (SSSR count). The van der Waals surface area contributed by atoms with Crippen LogP contribution in [0.25, 0.3) is 0 Å². The smallest absolute Gasteiger partial charge is 0.243 e. The summed E-state index contributed by atoms with van der Waals surface area (Å²) in [5, 5.41) is 3.09. The van der Waals surface area contributed by atoms with E-state index in [1.54, 1.807) is 4.90 Å². The standard InChI is InChI=1S/C32H40N2O2/c1-5-26-15-17-27(18-16-26)19-20-31(35)34(23-29-13-11-25(4)12-14-29)30(32(36)33-22-24(2)3)21-28-9-7-6-8-10-28/h6-18,24,30H,5,19-23H2,1-4H3,(H,33,36)/t30-/m0/s1. The Morgan fingerprint density at radius 1 is 0.806 bits per heavy atom. The van der Waals surface area contributed by atoms with E-state index in [0.717, 1.165) is 23.1 Å². The van der Waals surface area contributed by atoms with Crippen LogP contribution in [0, 0.1) is 12.8 Å². The zero-order chi connectivity index (χ0) is 25.9. The molecule has 0 heterocycles. The third-order valence-electron chi connectivity index (χ3n) is 6.49. The highest BCUT2D eigenvalue weighted by atomic mass is 16.2. The van der Waals surface area contributed by atoms with Crippen molar-refractivity contribution in [2.75, 3.05) is 6.54 Å². The predicted octanol–water partition coefficient (Wildman–Crippen LogP) is 5.90. The van der Waals surface area contributed by atoms with Crippen molar-refractivity contribution in [2.45, 2.75) is 66.0 Å². The maximum Gasteiger partial charge on any atom is 0.243 e. The molecule has 1 N–H and O–H groups in total. The number of nitrogens with one attached hydrogen (secondary N) is 1. The monoisotopic (exact) mass is 484 g/mol. The maximum atomic E-state index is 13.7. The van der Waals surface area contributed by atoms with Crippen molar-refractivity contribution in [3.8, 4) is 0 Å². The number of hydrogen-bond acceptors (Lipinski definition) is 2. The van der Waals surface area contributed by atoms with E-state index < -0.39 is 6.04 Å². The topological polar surface area (TPSA) is 49.4 Å². The first-order valence-electron chi connectivity index (χ1n) is 13.1. The van der Waals surface area contributed by atoms with Crippen LogP contribution in [0.3, 0.4) is 0 Å². The molecule has 3 aromatic carbocycles. The molecular formula is C32H40N2O2. The summed E-state index contributed by atoms with van der Waals surface area (Å²) < 4.78 is 0. The van der Waals surface area contributed by atoms with Crippen molar-refractivity contribution < 1.29 is 9.59 Å². The Morgan fingerprint density at radius 2 is 1.42 bits per heavy atom. The Hall–Kier alpha value is -3.40. The van der Waals surface area contributed by atoms with Crippen LogP contribution >= 0.6 is 0 Å². The van der Waals surface area contributed by atoms with Gasteiger partial charge in [-0.05, 0) is 47.9 Å². The van der Waals surface area contributed by atoms with Gasteiger partial charge in [-0.3, -0.25) is 9.59 Å². The van der Waals surface area contributed by atoms with E-state index in [0.29, 0.717) is 38.3 Å². The molecule has 190 valence electrons. The fourth-order valence-corrected chi connectivity index (χ4v) is 4.20. The Balaban J connectivity index is 1.87. The van der Waals surface area contributed by atoms with Gasteiger partial charge in [-0.15, -0.1) is 0 Å². The summed E-state index contributed by atoms with van der Waals surface area (Å²) in [5.74, 6) is 0.231. The fourth-order valence-electron chi connectivity index (χ4n) is 4.20. The lowest BCUT2D eigenvalue weighted by molar-refractivity contribution is -0.141.